The van der Waals surface area contributed by atoms with Crippen LogP contribution in [0, 0.1) is 18.3 Å². The molecule has 1 aliphatic heterocycles. The van der Waals surface area contributed by atoms with Gasteiger partial charge in [0.05, 0.1) is 11.6 Å². The molecule has 0 radical (unpaired) electrons. The summed E-state index contributed by atoms with van der Waals surface area (Å²) in [7, 11) is 0. The molecule has 1 atom stereocenters. The van der Waals surface area contributed by atoms with Crippen LogP contribution in [0.3, 0.4) is 0 Å². The van der Waals surface area contributed by atoms with Gasteiger partial charge in [-0.05, 0) is 37.5 Å². The number of piperidine rings is 1. The number of amides is 2. The van der Waals surface area contributed by atoms with E-state index in [0.29, 0.717) is 18.8 Å². The topological polar surface area (TPSA) is 69.6 Å². The number of aryl methyl sites for hydroxylation is 1. The first kappa shape index (κ1) is 17.3. The minimum absolute atomic E-state index is 0.0578. The third kappa shape index (κ3) is 4.24. The summed E-state index contributed by atoms with van der Waals surface area (Å²) in [6.07, 6.45) is 1.58. The number of rotatable bonds is 2. The molecule has 1 saturated heterocycles. The fraction of sp³-hybridized carbons (Fsp3) is 0.556. The van der Waals surface area contributed by atoms with Crippen molar-refractivity contribution in [2.24, 2.45) is 11.3 Å². The van der Waals surface area contributed by atoms with E-state index in [2.05, 4.69) is 5.32 Å². The molecule has 2 amide bonds. The van der Waals surface area contributed by atoms with Gasteiger partial charge in [0.1, 0.15) is 5.75 Å². The standard InChI is InChI=1S/C18H26N2O3/c1-12-7-8-15(21)14(10-12)19-16(22)13-6-5-9-20(11-13)17(23)18(2,3)4/h7-8,10,13,21H,5-6,9,11H2,1-4H3,(H,19,22). The number of carbonyl (C=O) groups excluding carboxylic acids is 2. The van der Waals surface area contributed by atoms with Crippen LogP contribution in [0.4, 0.5) is 5.69 Å². The maximum Gasteiger partial charge on any atom is 0.229 e. The lowest BCUT2D eigenvalue weighted by Gasteiger charge is -2.35. The molecule has 23 heavy (non-hydrogen) atoms. The molecule has 1 aromatic rings. The van der Waals surface area contributed by atoms with Crippen LogP contribution >= 0.6 is 0 Å². The van der Waals surface area contributed by atoms with Crippen molar-refractivity contribution >= 4 is 17.5 Å². The summed E-state index contributed by atoms with van der Waals surface area (Å²) < 4.78 is 0. The number of nitrogens with zero attached hydrogens (tertiary/aromatic N) is 1. The fourth-order valence-corrected chi connectivity index (χ4v) is 2.83. The average molecular weight is 318 g/mol. The van der Waals surface area contributed by atoms with Gasteiger partial charge in [-0.25, -0.2) is 0 Å². The number of hydrogen-bond donors (Lipinski definition) is 2. The molecule has 1 fully saturated rings. The number of nitrogens with one attached hydrogen (secondary N) is 1. The second kappa shape index (κ2) is 6.60. The van der Waals surface area contributed by atoms with Gasteiger partial charge in [-0.3, -0.25) is 9.59 Å². The molecule has 1 unspecified atom stereocenters. The Bertz CT molecular complexity index is 605. The number of phenolic OH excluding ortho intramolecular Hbond substituents is 1. The van der Waals surface area contributed by atoms with Crippen LogP contribution in [-0.4, -0.2) is 34.9 Å². The SMILES string of the molecule is Cc1ccc(O)c(NC(=O)C2CCCN(C(=O)C(C)(C)C)C2)c1. The van der Waals surface area contributed by atoms with Gasteiger partial charge in [0.2, 0.25) is 11.8 Å². The Labute approximate surface area is 137 Å². The number of phenols is 1. The number of carbonyl (C=O) groups is 2. The lowest BCUT2D eigenvalue weighted by atomic mass is 9.91. The highest BCUT2D eigenvalue weighted by Gasteiger charge is 2.33. The van der Waals surface area contributed by atoms with Crippen molar-refractivity contribution in [2.45, 2.75) is 40.5 Å². The van der Waals surface area contributed by atoms with Gasteiger partial charge in [0, 0.05) is 18.5 Å². The van der Waals surface area contributed by atoms with Crippen molar-refractivity contribution in [3.63, 3.8) is 0 Å². The van der Waals surface area contributed by atoms with Gasteiger partial charge in [0.15, 0.2) is 0 Å². The van der Waals surface area contributed by atoms with E-state index in [1.165, 1.54) is 0 Å². The Morgan fingerprint density at radius 3 is 2.65 bits per heavy atom. The van der Waals surface area contributed by atoms with E-state index < -0.39 is 5.41 Å². The van der Waals surface area contributed by atoms with E-state index in [0.717, 1.165) is 18.4 Å². The Morgan fingerprint density at radius 1 is 1.30 bits per heavy atom. The van der Waals surface area contributed by atoms with Crippen molar-refractivity contribution in [1.82, 2.24) is 4.90 Å². The zero-order valence-electron chi connectivity index (χ0n) is 14.3. The monoisotopic (exact) mass is 318 g/mol. The van der Waals surface area contributed by atoms with Crippen molar-refractivity contribution in [3.05, 3.63) is 23.8 Å². The van der Waals surface area contributed by atoms with E-state index in [1.807, 2.05) is 27.7 Å². The predicted octanol–water partition coefficient (Wildman–Crippen LogP) is 2.92. The van der Waals surface area contributed by atoms with Gasteiger partial charge in [-0.15, -0.1) is 0 Å². The third-order valence-corrected chi connectivity index (χ3v) is 4.13. The number of aromatic hydroxyl groups is 1. The van der Waals surface area contributed by atoms with Crippen molar-refractivity contribution in [1.29, 1.82) is 0 Å². The van der Waals surface area contributed by atoms with Crippen molar-refractivity contribution in [3.8, 4) is 5.75 Å². The summed E-state index contributed by atoms with van der Waals surface area (Å²) in [6.45, 7) is 8.72. The molecule has 1 heterocycles. The van der Waals surface area contributed by atoms with E-state index in [4.69, 9.17) is 0 Å². The summed E-state index contributed by atoms with van der Waals surface area (Å²) in [5.74, 6) is -0.247. The zero-order valence-corrected chi connectivity index (χ0v) is 14.3. The molecule has 2 N–H and O–H groups in total. The van der Waals surface area contributed by atoms with E-state index in [-0.39, 0.29) is 23.5 Å². The summed E-state index contributed by atoms with van der Waals surface area (Å²) in [6, 6.07) is 5.10. The van der Waals surface area contributed by atoms with Gasteiger partial charge in [-0.2, -0.15) is 0 Å². The second-order valence-corrected chi connectivity index (χ2v) is 7.35. The lowest BCUT2D eigenvalue weighted by molar-refractivity contribution is -0.142. The molecule has 126 valence electrons. The maximum absolute atomic E-state index is 12.5. The first-order valence-corrected chi connectivity index (χ1v) is 8.08. The highest BCUT2D eigenvalue weighted by atomic mass is 16.3. The molecular formula is C18H26N2O3. The van der Waals surface area contributed by atoms with Gasteiger partial charge < -0.3 is 15.3 Å². The quantitative estimate of drug-likeness (QED) is 0.824. The molecule has 0 saturated carbocycles. The van der Waals surface area contributed by atoms with Crippen LogP contribution in [0.2, 0.25) is 0 Å². The minimum Gasteiger partial charge on any atom is -0.506 e. The molecule has 0 aromatic heterocycles. The number of anilines is 1. The van der Waals surface area contributed by atoms with Gasteiger partial charge in [-0.1, -0.05) is 26.8 Å². The van der Waals surface area contributed by atoms with E-state index >= 15 is 0 Å². The fourth-order valence-electron chi connectivity index (χ4n) is 2.83. The summed E-state index contributed by atoms with van der Waals surface area (Å²) >= 11 is 0. The highest BCUT2D eigenvalue weighted by molar-refractivity contribution is 5.94. The molecule has 5 heteroatoms. The van der Waals surface area contributed by atoms with Crippen LogP contribution in [-0.2, 0) is 9.59 Å². The first-order valence-electron chi connectivity index (χ1n) is 8.08. The molecule has 5 nitrogen and oxygen atoms in total. The third-order valence-electron chi connectivity index (χ3n) is 4.13. The van der Waals surface area contributed by atoms with Gasteiger partial charge >= 0.3 is 0 Å². The summed E-state index contributed by atoms with van der Waals surface area (Å²) in [5, 5.41) is 12.6. The Morgan fingerprint density at radius 2 is 2.00 bits per heavy atom. The van der Waals surface area contributed by atoms with Crippen LogP contribution in [0.15, 0.2) is 18.2 Å². The van der Waals surface area contributed by atoms with Crippen LogP contribution in [0.25, 0.3) is 0 Å². The zero-order chi connectivity index (χ0) is 17.2. The maximum atomic E-state index is 12.5. The average Bonchev–Trinajstić information content (AvgIpc) is 2.49. The number of benzene rings is 1. The number of likely N-dealkylation sites (tertiary alicyclic amines) is 1. The molecule has 0 bridgehead atoms. The molecule has 0 aliphatic carbocycles. The Kier molecular flexibility index (Phi) is 4.97. The lowest BCUT2D eigenvalue weighted by Crippen LogP contribution is -2.47. The van der Waals surface area contributed by atoms with Crippen molar-refractivity contribution < 1.29 is 14.7 Å². The predicted molar refractivity (Wildman–Crippen MR) is 90.2 cm³/mol. The van der Waals surface area contributed by atoms with E-state index in [9.17, 15) is 14.7 Å². The largest absolute Gasteiger partial charge is 0.506 e. The minimum atomic E-state index is -0.437. The highest BCUT2D eigenvalue weighted by Crippen LogP contribution is 2.27. The van der Waals surface area contributed by atoms with Crippen LogP contribution < -0.4 is 5.32 Å². The van der Waals surface area contributed by atoms with Crippen LogP contribution in [0.5, 0.6) is 5.75 Å². The first-order chi connectivity index (χ1) is 10.7. The second-order valence-electron chi connectivity index (χ2n) is 7.35. The molecular weight excluding hydrogens is 292 g/mol. The van der Waals surface area contributed by atoms with Gasteiger partial charge in [0.25, 0.3) is 0 Å². The normalized spacial score (nSPS) is 18.6. The molecule has 2 rings (SSSR count). The summed E-state index contributed by atoms with van der Waals surface area (Å²) in [5.41, 5.74) is 0.952. The van der Waals surface area contributed by atoms with E-state index in [1.54, 1.807) is 23.1 Å². The molecule has 1 aliphatic rings. The van der Waals surface area contributed by atoms with Crippen molar-refractivity contribution in [2.75, 3.05) is 18.4 Å². The Balaban J connectivity index is 2.05. The summed E-state index contributed by atoms with van der Waals surface area (Å²) in [4.78, 5) is 26.7. The number of hydrogen-bond acceptors (Lipinski definition) is 3. The smallest absolute Gasteiger partial charge is 0.229 e. The van der Waals surface area contributed by atoms with Crippen LogP contribution in [0.1, 0.15) is 39.2 Å². The Hall–Kier alpha value is -2.04. The molecule has 1 aromatic carbocycles. The molecule has 0 spiro atoms.